The number of nitrogen functional groups attached to an aromatic ring is 1. The first-order valence-electron chi connectivity index (χ1n) is 4.30. The van der Waals surface area contributed by atoms with Crippen LogP contribution in [-0.2, 0) is 6.42 Å². The summed E-state index contributed by atoms with van der Waals surface area (Å²) in [6.45, 7) is 4.07. The van der Waals surface area contributed by atoms with Gasteiger partial charge in [-0.05, 0) is 31.9 Å². The molecule has 1 aromatic carbocycles. The summed E-state index contributed by atoms with van der Waals surface area (Å²) < 4.78 is 0. The Morgan fingerprint density at radius 3 is 2.69 bits per heavy atom. The third-order valence-corrected chi connectivity index (χ3v) is 1.84. The van der Waals surface area contributed by atoms with Crippen LogP contribution >= 0.6 is 0 Å². The van der Waals surface area contributed by atoms with Crippen LogP contribution in [0.4, 0.5) is 5.69 Å². The molecule has 3 N–H and O–H groups in total. The molecular formula is C11H15NO. The third-order valence-electron chi connectivity index (χ3n) is 1.84. The zero-order valence-corrected chi connectivity index (χ0v) is 8.04. The highest BCUT2D eigenvalue weighted by Crippen LogP contribution is 2.20. The van der Waals surface area contributed by atoms with Crippen molar-refractivity contribution in [1.82, 2.24) is 0 Å². The van der Waals surface area contributed by atoms with Gasteiger partial charge in [0.2, 0.25) is 0 Å². The molecule has 0 atom stereocenters. The first-order chi connectivity index (χ1) is 6.09. The van der Waals surface area contributed by atoms with Crippen LogP contribution in [0.5, 0.6) is 5.75 Å². The fourth-order valence-corrected chi connectivity index (χ4v) is 1.07. The van der Waals surface area contributed by atoms with E-state index in [0.717, 1.165) is 12.0 Å². The number of hydrogen-bond donors (Lipinski definition) is 2. The predicted molar refractivity (Wildman–Crippen MR) is 55.7 cm³/mol. The topological polar surface area (TPSA) is 46.2 Å². The molecule has 0 bridgehead atoms. The molecule has 1 rings (SSSR count). The van der Waals surface area contributed by atoms with Crippen LogP contribution < -0.4 is 5.73 Å². The molecule has 0 aromatic heterocycles. The lowest BCUT2D eigenvalue weighted by atomic mass is 10.1. The zero-order valence-electron chi connectivity index (χ0n) is 8.04. The van der Waals surface area contributed by atoms with E-state index in [0.29, 0.717) is 5.69 Å². The van der Waals surface area contributed by atoms with E-state index in [1.807, 2.05) is 19.9 Å². The van der Waals surface area contributed by atoms with Crippen molar-refractivity contribution < 1.29 is 5.11 Å². The molecule has 1 aromatic rings. The first kappa shape index (κ1) is 9.65. The number of rotatable bonds is 2. The van der Waals surface area contributed by atoms with Crippen LogP contribution in [0.3, 0.4) is 0 Å². The fraction of sp³-hybridized carbons (Fsp3) is 0.273. The quantitative estimate of drug-likeness (QED) is 0.538. The van der Waals surface area contributed by atoms with Crippen LogP contribution in [0, 0.1) is 0 Å². The second-order valence-corrected chi connectivity index (χ2v) is 3.37. The van der Waals surface area contributed by atoms with Gasteiger partial charge in [0.05, 0.1) is 0 Å². The van der Waals surface area contributed by atoms with Crippen LogP contribution in [-0.4, -0.2) is 5.11 Å². The lowest BCUT2D eigenvalue weighted by Gasteiger charge is -2.02. The lowest BCUT2D eigenvalue weighted by Crippen LogP contribution is -1.87. The SMILES string of the molecule is CC(C)=CCc1ccc(N)cc1O. The Hall–Kier alpha value is -1.44. The minimum Gasteiger partial charge on any atom is -0.508 e. The van der Waals surface area contributed by atoms with Gasteiger partial charge in [0.15, 0.2) is 0 Å². The normalized spacial score (nSPS) is 9.69. The molecule has 2 nitrogen and oxygen atoms in total. The number of phenols is 1. The van der Waals surface area contributed by atoms with E-state index < -0.39 is 0 Å². The Labute approximate surface area is 78.7 Å². The van der Waals surface area contributed by atoms with E-state index in [2.05, 4.69) is 6.08 Å². The number of benzene rings is 1. The second-order valence-electron chi connectivity index (χ2n) is 3.37. The molecule has 70 valence electrons. The van der Waals surface area contributed by atoms with Crippen LogP contribution in [0.15, 0.2) is 29.8 Å². The van der Waals surface area contributed by atoms with Gasteiger partial charge in [-0.25, -0.2) is 0 Å². The van der Waals surface area contributed by atoms with Crippen molar-refractivity contribution in [3.8, 4) is 5.75 Å². The van der Waals surface area contributed by atoms with Crippen molar-refractivity contribution in [2.24, 2.45) is 0 Å². The number of anilines is 1. The highest BCUT2D eigenvalue weighted by atomic mass is 16.3. The summed E-state index contributed by atoms with van der Waals surface area (Å²) in [4.78, 5) is 0. The van der Waals surface area contributed by atoms with Gasteiger partial charge >= 0.3 is 0 Å². The molecule has 0 saturated carbocycles. The number of aromatic hydroxyl groups is 1. The van der Waals surface area contributed by atoms with Crippen molar-refractivity contribution >= 4 is 5.69 Å². The van der Waals surface area contributed by atoms with Crippen molar-refractivity contribution in [2.45, 2.75) is 20.3 Å². The molecule has 0 aliphatic heterocycles. The summed E-state index contributed by atoms with van der Waals surface area (Å²) in [7, 11) is 0. The molecule has 0 heterocycles. The van der Waals surface area contributed by atoms with Crippen molar-refractivity contribution in [3.05, 3.63) is 35.4 Å². The maximum absolute atomic E-state index is 9.49. The highest BCUT2D eigenvalue weighted by Gasteiger charge is 1.98. The summed E-state index contributed by atoms with van der Waals surface area (Å²) in [5.41, 5.74) is 8.26. The van der Waals surface area contributed by atoms with Gasteiger partial charge in [0.1, 0.15) is 5.75 Å². The van der Waals surface area contributed by atoms with E-state index in [1.165, 1.54) is 5.57 Å². The lowest BCUT2D eigenvalue weighted by molar-refractivity contribution is 0.470. The fourth-order valence-electron chi connectivity index (χ4n) is 1.07. The summed E-state index contributed by atoms with van der Waals surface area (Å²) in [5, 5.41) is 9.49. The van der Waals surface area contributed by atoms with Crippen molar-refractivity contribution in [2.75, 3.05) is 5.73 Å². The molecule has 0 spiro atoms. The molecule has 0 amide bonds. The van der Waals surface area contributed by atoms with Gasteiger partial charge in [0.25, 0.3) is 0 Å². The van der Waals surface area contributed by atoms with Crippen molar-refractivity contribution in [1.29, 1.82) is 0 Å². The largest absolute Gasteiger partial charge is 0.508 e. The number of allylic oxidation sites excluding steroid dienone is 2. The summed E-state index contributed by atoms with van der Waals surface area (Å²) >= 11 is 0. The summed E-state index contributed by atoms with van der Waals surface area (Å²) in [5.74, 6) is 0.275. The molecule has 0 fully saturated rings. The minimum absolute atomic E-state index is 0.275. The number of nitrogens with two attached hydrogens (primary N) is 1. The van der Waals surface area contributed by atoms with E-state index in [9.17, 15) is 5.11 Å². The second kappa shape index (κ2) is 3.99. The molecule has 0 saturated heterocycles. The Morgan fingerprint density at radius 2 is 2.15 bits per heavy atom. The average Bonchev–Trinajstić information content (AvgIpc) is 2.02. The van der Waals surface area contributed by atoms with Crippen LogP contribution in [0.1, 0.15) is 19.4 Å². The maximum atomic E-state index is 9.49. The van der Waals surface area contributed by atoms with E-state index >= 15 is 0 Å². The number of hydrogen-bond acceptors (Lipinski definition) is 2. The van der Waals surface area contributed by atoms with E-state index in [4.69, 9.17) is 5.73 Å². The van der Waals surface area contributed by atoms with E-state index in [-0.39, 0.29) is 5.75 Å². The van der Waals surface area contributed by atoms with Gasteiger partial charge in [-0.2, -0.15) is 0 Å². The molecule has 13 heavy (non-hydrogen) atoms. The van der Waals surface area contributed by atoms with Gasteiger partial charge in [-0.3, -0.25) is 0 Å². The van der Waals surface area contributed by atoms with E-state index in [1.54, 1.807) is 12.1 Å². The monoisotopic (exact) mass is 177 g/mol. The first-order valence-corrected chi connectivity index (χ1v) is 4.30. The maximum Gasteiger partial charge on any atom is 0.121 e. The van der Waals surface area contributed by atoms with Gasteiger partial charge in [-0.1, -0.05) is 17.7 Å². The molecule has 2 heteroatoms. The smallest absolute Gasteiger partial charge is 0.121 e. The van der Waals surface area contributed by atoms with Gasteiger partial charge in [-0.15, -0.1) is 0 Å². The van der Waals surface area contributed by atoms with Gasteiger partial charge < -0.3 is 10.8 Å². The summed E-state index contributed by atoms with van der Waals surface area (Å²) in [6.07, 6.45) is 2.83. The highest BCUT2D eigenvalue weighted by molar-refractivity contribution is 5.48. The Morgan fingerprint density at radius 1 is 1.46 bits per heavy atom. The molecule has 0 aliphatic carbocycles. The molecule has 0 aliphatic rings. The molecule has 0 radical (unpaired) electrons. The summed E-state index contributed by atoms with van der Waals surface area (Å²) in [6, 6.07) is 5.23. The van der Waals surface area contributed by atoms with Crippen LogP contribution in [0.2, 0.25) is 0 Å². The average molecular weight is 177 g/mol. The predicted octanol–water partition coefficient (Wildman–Crippen LogP) is 2.48. The molecule has 0 unspecified atom stereocenters. The molecular weight excluding hydrogens is 162 g/mol. The number of phenolic OH excluding ortho intramolecular Hbond substituents is 1. The Kier molecular flexibility index (Phi) is 2.96. The Balaban J connectivity index is 2.84. The minimum atomic E-state index is 0.275. The van der Waals surface area contributed by atoms with Gasteiger partial charge in [0, 0.05) is 11.8 Å². The standard InChI is InChI=1S/C11H15NO/c1-8(2)3-4-9-5-6-10(12)7-11(9)13/h3,5-7,13H,4,12H2,1-2H3. The third kappa shape index (κ3) is 2.82. The van der Waals surface area contributed by atoms with Crippen molar-refractivity contribution in [3.63, 3.8) is 0 Å². The Bertz CT molecular complexity index is 325. The van der Waals surface area contributed by atoms with Crippen LogP contribution in [0.25, 0.3) is 0 Å². The zero-order chi connectivity index (χ0) is 9.84.